The van der Waals surface area contributed by atoms with Crippen LogP contribution in [0.4, 0.5) is 4.79 Å². The Bertz CT molecular complexity index is 684. The molecule has 1 saturated heterocycles. The third-order valence-corrected chi connectivity index (χ3v) is 2.89. The molecular formula is C14H13ClN2O5. The number of rotatable bonds is 4. The van der Waals surface area contributed by atoms with Crippen LogP contribution in [-0.2, 0) is 9.59 Å². The number of carbonyl (C=O) groups excluding carboxylic acids is 3. The highest BCUT2D eigenvalue weighted by atomic mass is 35.5. The lowest BCUT2D eigenvalue weighted by Crippen LogP contribution is -2.22. The third-order valence-electron chi connectivity index (χ3n) is 2.61. The molecule has 0 unspecified atom stereocenters. The predicted octanol–water partition coefficient (Wildman–Crippen LogP) is 1.84. The highest BCUT2D eigenvalue weighted by Gasteiger charge is 2.23. The maximum absolute atomic E-state index is 11.5. The number of carbonyl (C=O) groups is 3. The number of amides is 3. The molecule has 8 heteroatoms. The van der Waals surface area contributed by atoms with Gasteiger partial charge in [0.25, 0.3) is 5.91 Å². The van der Waals surface area contributed by atoms with E-state index in [1.165, 1.54) is 19.1 Å². The van der Waals surface area contributed by atoms with Crippen molar-refractivity contribution in [3.05, 3.63) is 28.4 Å². The Balaban J connectivity index is 2.42. The number of imide groups is 1. The quantitative estimate of drug-likeness (QED) is 0.381. The molecule has 0 atom stereocenters. The van der Waals surface area contributed by atoms with Gasteiger partial charge in [-0.05, 0) is 30.7 Å². The van der Waals surface area contributed by atoms with Gasteiger partial charge in [-0.2, -0.15) is 0 Å². The van der Waals surface area contributed by atoms with E-state index in [1.54, 1.807) is 13.0 Å². The maximum Gasteiger partial charge on any atom is 0.326 e. The average molecular weight is 325 g/mol. The highest BCUT2D eigenvalue weighted by molar-refractivity contribution is 6.32. The standard InChI is InChI=1S/C14H13ClN2O5/c1-3-21-11-6-8(4-9(15)12(11)22-7(2)18)5-10-13(19)17-14(20)16-10/h4-6H,3H2,1-2H3,(H2,16,17,19,20). The molecule has 1 aromatic carbocycles. The molecule has 1 aliphatic rings. The summed E-state index contributed by atoms with van der Waals surface area (Å²) < 4.78 is 10.4. The summed E-state index contributed by atoms with van der Waals surface area (Å²) in [6, 6.07) is 2.45. The Morgan fingerprint density at radius 3 is 2.59 bits per heavy atom. The zero-order chi connectivity index (χ0) is 16.3. The number of nitrogens with one attached hydrogen (secondary N) is 2. The second-order valence-electron chi connectivity index (χ2n) is 4.32. The molecule has 7 nitrogen and oxygen atoms in total. The van der Waals surface area contributed by atoms with Crippen molar-refractivity contribution in [1.29, 1.82) is 0 Å². The molecule has 116 valence electrons. The molecule has 22 heavy (non-hydrogen) atoms. The minimum atomic E-state index is -0.594. The first-order valence-corrected chi connectivity index (χ1v) is 6.77. The van der Waals surface area contributed by atoms with Gasteiger partial charge in [-0.1, -0.05) is 11.6 Å². The van der Waals surface area contributed by atoms with Crippen molar-refractivity contribution in [2.24, 2.45) is 0 Å². The summed E-state index contributed by atoms with van der Waals surface area (Å²) in [7, 11) is 0. The van der Waals surface area contributed by atoms with E-state index in [0.29, 0.717) is 12.2 Å². The van der Waals surface area contributed by atoms with E-state index in [4.69, 9.17) is 21.1 Å². The van der Waals surface area contributed by atoms with Crippen LogP contribution in [0.3, 0.4) is 0 Å². The lowest BCUT2D eigenvalue weighted by molar-refractivity contribution is -0.132. The van der Waals surface area contributed by atoms with Crippen molar-refractivity contribution in [1.82, 2.24) is 10.6 Å². The monoisotopic (exact) mass is 324 g/mol. The molecule has 1 aromatic rings. The number of benzene rings is 1. The normalized spacial score (nSPS) is 15.5. The van der Waals surface area contributed by atoms with Gasteiger partial charge in [0.1, 0.15) is 5.70 Å². The number of hydrogen-bond acceptors (Lipinski definition) is 5. The Hall–Kier alpha value is -2.54. The van der Waals surface area contributed by atoms with Crippen LogP contribution in [0.5, 0.6) is 11.5 Å². The number of ether oxygens (including phenoxy) is 2. The van der Waals surface area contributed by atoms with E-state index < -0.39 is 17.9 Å². The zero-order valence-corrected chi connectivity index (χ0v) is 12.6. The number of halogens is 1. The van der Waals surface area contributed by atoms with Crippen LogP contribution in [-0.4, -0.2) is 24.5 Å². The minimum absolute atomic E-state index is 0.0868. The topological polar surface area (TPSA) is 93.7 Å². The molecule has 2 rings (SSSR count). The first-order valence-electron chi connectivity index (χ1n) is 6.39. The number of hydrogen-bond donors (Lipinski definition) is 2. The molecule has 0 saturated carbocycles. The summed E-state index contributed by atoms with van der Waals surface area (Å²) in [6.07, 6.45) is 1.44. The van der Waals surface area contributed by atoms with E-state index in [9.17, 15) is 14.4 Å². The highest BCUT2D eigenvalue weighted by Crippen LogP contribution is 2.37. The van der Waals surface area contributed by atoms with Gasteiger partial charge in [0, 0.05) is 6.92 Å². The molecule has 1 aliphatic heterocycles. The fourth-order valence-corrected chi connectivity index (χ4v) is 2.08. The second kappa shape index (κ2) is 6.48. The molecule has 0 bridgehead atoms. The molecule has 1 heterocycles. The SMILES string of the molecule is CCOc1cc(C=C2NC(=O)NC2=O)cc(Cl)c1OC(C)=O. The predicted molar refractivity (Wildman–Crippen MR) is 78.6 cm³/mol. The smallest absolute Gasteiger partial charge is 0.326 e. The summed E-state index contributed by atoms with van der Waals surface area (Å²) in [5.41, 5.74) is 0.598. The molecule has 0 radical (unpaired) electrons. The summed E-state index contributed by atoms with van der Waals surface area (Å²) in [4.78, 5) is 33.7. The van der Waals surface area contributed by atoms with Crippen LogP contribution in [0.15, 0.2) is 17.8 Å². The van der Waals surface area contributed by atoms with Gasteiger partial charge in [-0.3, -0.25) is 14.9 Å². The summed E-state index contributed by atoms with van der Waals surface area (Å²) in [6.45, 7) is 3.35. The first-order chi connectivity index (χ1) is 10.4. The van der Waals surface area contributed by atoms with E-state index in [-0.39, 0.29) is 22.2 Å². The van der Waals surface area contributed by atoms with Crippen molar-refractivity contribution in [2.75, 3.05) is 6.61 Å². The van der Waals surface area contributed by atoms with Gasteiger partial charge in [0.05, 0.1) is 11.6 Å². The largest absolute Gasteiger partial charge is 0.490 e. The molecule has 0 aliphatic carbocycles. The number of urea groups is 1. The van der Waals surface area contributed by atoms with E-state index in [2.05, 4.69) is 10.6 Å². The molecule has 0 aromatic heterocycles. The molecule has 2 N–H and O–H groups in total. The minimum Gasteiger partial charge on any atom is -0.490 e. The lowest BCUT2D eigenvalue weighted by Gasteiger charge is -2.12. The average Bonchev–Trinajstić information content (AvgIpc) is 2.72. The van der Waals surface area contributed by atoms with Gasteiger partial charge >= 0.3 is 12.0 Å². The fraction of sp³-hybridized carbons (Fsp3) is 0.214. The molecule has 1 fully saturated rings. The van der Waals surface area contributed by atoms with E-state index >= 15 is 0 Å². The second-order valence-corrected chi connectivity index (χ2v) is 4.73. The van der Waals surface area contributed by atoms with Gasteiger partial charge in [-0.15, -0.1) is 0 Å². The van der Waals surface area contributed by atoms with Gasteiger partial charge in [-0.25, -0.2) is 4.79 Å². The van der Waals surface area contributed by atoms with Crippen LogP contribution in [0.25, 0.3) is 6.08 Å². The lowest BCUT2D eigenvalue weighted by atomic mass is 10.1. The third kappa shape index (κ3) is 3.56. The van der Waals surface area contributed by atoms with Crippen molar-refractivity contribution in [3.8, 4) is 11.5 Å². The van der Waals surface area contributed by atoms with Crippen LogP contribution in [0, 0.1) is 0 Å². The zero-order valence-electron chi connectivity index (χ0n) is 11.9. The molecule has 3 amide bonds. The van der Waals surface area contributed by atoms with Crippen LogP contribution >= 0.6 is 11.6 Å². The van der Waals surface area contributed by atoms with Crippen molar-refractivity contribution < 1.29 is 23.9 Å². The van der Waals surface area contributed by atoms with Crippen molar-refractivity contribution in [3.63, 3.8) is 0 Å². The summed E-state index contributed by atoms with van der Waals surface area (Å²) >= 11 is 6.09. The number of esters is 1. The Labute approximate surface area is 131 Å². The van der Waals surface area contributed by atoms with Crippen molar-refractivity contribution >= 4 is 35.6 Å². The maximum atomic E-state index is 11.5. The molecule has 0 spiro atoms. The van der Waals surface area contributed by atoms with Crippen LogP contribution in [0.2, 0.25) is 5.02 Å². The first kappa shape index (κ1) is 15.8. The van der Waals surface area contributed by atoms with Gasteiger partial charge in [0.15, 0.2) is 11.5 Å². The van der Waals surface area contributed by atoms with Crippen LogP contribution < -0.4 is 20.1 Å². The summed E-state index contributed by atoms with van der Waals surface area (Å²) in [5, 5.41) is 4.60. The Morgan fingerprint density at radius 2 is 2.05 bits per heavy atom. The summed E-state index contributed by atoms with van der Waals surface area (Å²) in [5.74, 6) is -0.695. The van der Waals surface area contributed by atoms with Crippen LogP contribution in [0.1, 0.15) is 19.4 Å². The van der Waals surface area contributed by atoms with E-state index in [0.717, 1.165) is 0 Å². The fourth-order valence-electron chi connectivity index (χ4n) is 1.83. The molecular weight excluding hydrogens is 312 g/mol. The Kier molecular flexibility index (Phi) is 4.67. The van der Waals surface area contributed by atoms with Gasteiger partial charge < -0.3 is 14.8 Å². The van der Waals surface area contributed by atoms with E-state index in [1.807, 2.05) is 0 Å². The Morgan fingerprint density at radius 1 is 1.32 bits per heavy atom. The van der Waals surface area contributed by atoms with Gasteiger partial charge in [0.2, 0.25) is 0 Å². The van der Waals surface area contributed by atoms with Crippen molar-refractivity contribution in [2.45, 2.75) is 13.8 Å².